The predicted octanol–water partition coefficient (Wildman–Crippen LogP) is 2.45. The number of aliphatic carboxylic acids is 1. The molecule has 17 heavy (non-hydrogen) atoms. The van der Waals surface area contributed by atoms with E-state index in [1.165, 1.54) is 0 Å². The number of aryl methyl sites for hydroxylation is 2. The molecule has 0 amide bonds. The third kappa shape index (κ3) is 2.81. The first-order valence-corrected chi connectivity index (χ1v) is 6.11. The maximum Gasteiger partial charge on any atom is 0.306 e. The lowest BCUT2D eigenvalue weighted by atomic mass is 9.80. The smallest absolute Gasteiger partial charge is 0.306 e. The Morgan fingerprint density at radius 2 is 1.88 bits per heavy atom. The van der Waals surface area contributed by atoms with Gasteiger partial charge in [0.2, 0.25) is 0 Å². The monoisotopic (exact) mass is 234 g/mol. The summed E-state index contributed by atoms with van der Waals surface area (Å²) >= 11 is 0. The van der Waals surface area contributed by atoms with Crippen molar-refractivity contribution in [3.05, 3.63) is 23.3 Å². The highest BCUT2D eigenvalue weighted by Gasteiger charge is 2.27. The van der Waals surface area contributed by atoms with E-state index in [1.54, 1.807) is 0 Å². The van der Waals surface area contributed by atoms with Crippen LogP contribution in [-0.4, -0.2) is 21.0 Å². The van der Waals surface area contributed by atoms with E-state index >= 15 is 0 Å². The van der Waals surface area contributed by atoms with Crippen molar-refractivity contribution < 1.29 is 9.90 Å². The fraction of sp³-hybridized carbons (Fsp3) is 0.615. The van der Waals surface area contributed by atoms with Gasteiger partial charge in [-0.2, -0.15) is 0 Å². The topological polar surface area (TPSA) is 63.1 Å². The van der Waals surface area contributed by atoms with Crippen molar-refractivity contribution in [2.75, 3.05) is 0 Å². The first-order valence-electron chi connectivity index (χ1n) is 6.11. The van der Waals surface area contributed by atoms with Crippen LogP contribution in [0.3, 0.4) is 0 Å². The van der Waals surface area contributed by atoms with Crippen LogP contribution < -0.4 is 0 Å². The molecule has 0 unspecified atom stereocenters. The molecule has 1 aromatic rings. The van der Waals surface area contributed by atoms with Gasteiger partial charge in [-0.05, 0) is 45.6 Å². The predicted molar refractivity (Wildman–Crippen MR) is 63.8 cm³/mol. The van der Waals surface area contributed by atoms with E-state index in [-0.39, 0.29) is 5.92 Å². The van der Waals surface area contributed by atoms with Crippen molar-refractivity contribution in [1.82, 2.24) is 9.97 Å². The molecule has 0 radical (unpaired) electrons. The Balaban J connectivity index is 2.07. The maximum atomic E-state index is 10.9. The molecule has 92 valence electrons. The molecule has 4 heteroatoms. The molecule has 0 saturated heterocycles. The highest BCUT2D eigenvalue weighted by molar-refractivity contribution is 5.70. The first-order chi connectivity index (χ1) is 8.06. The van der Waals surface area contributed by atoms with Gasteiger partial charge in [0, 0.05) is 17.3 Å². The van der Waals surface area contributed by atoms with E-state index in [0.717, 1.165) is 42.9 Å². The van der Waals surface area contributed by atoms with Gasteiger partial charge in [0.25, 0.3) is 0 Å². The van der Waals surface area contributed by atoms with Gasteiger partial charge in [-0.3, -0.25) is 4.79 Å². The van der Waals surface area contributed by atoms with Gasteiger partial charge in [-0.1, -0.05) is 0 Å². The average Bonchev–Trinajstić information content (AvgIpc) is 2.28. The molecule has 1 aliphatic carbocycles. The molecule has 0 aromatic carbocycles. The van der Waals surface area contributed by atoms with Gasteiger partial charge >= 0.3 is 5.97 Å². The fourth-order valence-corrected chi connectivity index (χ4v) is 2.59. The van der Waals surface area contributed by atoms with E-state index in [0.29, 0.717) is 5.92 Å². The molecule has 0 atom stereocenters. The Morgan fingerprint density at radius 1 is 1.24 bits per heavy atom. The van der Waals surface area contributed by atoms with E-state index in [2.05, 4.69) is 9.97 Å². The van der Waals surface area contributed by atoms with E-state index in [4.69, 9.17) is 5.11 Å². The number of aromatic nitrogens is 2. The second-order valence-corrected chi connectivity index (χ2v) is 4.87. The molecule has 1 fully saturated rings. The lowest BCUT2D eigenvalue weighted by molar-refractivity contribution is -0.142. The average molecular weight is 234 g/mol. The Morgan fingerprint density at radius 3 is 2.41 bits per heavy atom. The van der Waals surface area contributed by atoms with Crippen molar-refractivity contribution in [3.8, 4) is 0 Å². The molecule has 2 rings (SSSR count). The number of hydrogen-bond donors (Lipinski definition) is 1. The van der Waals surface area contributed by atoms with E-state index < -0.39 is 5.97 Å². The van der Waals surface area contributed by atoms with Gasteiger partial charge in [-0.25, -0.2) is 9.97 Å². The Labute approximate surface area is 101 Å². The molecule has 1 N–H and O–H groups in total. The summed E-state index contributed by atoms with van der Waals surface area (Å²) in [6.07, 6.45) is 3.38. The molecule has 1 heterocycles. The van der Waals surface area contributed by atoms with Crippen LogP contribution in [0.1, 0.15) is 48.8 Å². The normalized spacial score (nSPS) is 24.6. The molecule has 1 aromatic heterocycles. The van der Waals surface area contributed by atoms with Crippen molar-refractivity contribution in [2.45, 2.75) is 45.4 Å². The summed E-state index contributed by atoms with van der Waals surface area (Å²) < 4.78 is 0. The molecular weight excluding hydrogens is 216 g/mol. The number of carboxylic acid groups (broad SMARTS) is 1. The fourth-order valence-electron chi connectivity index (χ4n) is 2.59. The number of nitrogens with zero attached hydrogens (tertiary/aromatic N) is 2. The van der Waals surface area contributed by atoms with Crippen LogP contribution in [-0.2, 0) is 4.79 Å². The van der Waals surface area contributed by atoms with Crippen molar-refractivity contribution in [2.24, 2.45) is 5.92 Å². The molecule has 1 aliphatic rings. The molecular formula is C13H18N2O2. The summed E-state index contributed by atoms with van der Waals surface area (Å²) in [4.78, 5) is 19.6. The first kappa shape index (κ1) is 12.0. The third-order valence-corrected chi connectivity index (χ3v) is 3.48. The van der Waals surface area contributed by atoms with Crippen molar-refractivity contribution in [1.29, 1.82) is 0 Å². The summed E-state index contributed by atoms with van der Waals surface area (Å²) in [5.74, 6) is 0.403. The number of carboxylic acids is 1. The van der Waals surface area contributed by atoms with Crippen LogP contribution in [0.15, 0.2) is 6.07 Å². The summed E-state index contributed by atoms with van der Waals surface area (Å²) in [5.41, 5.74) is 2.08. The number of hydrogen-bond acceptors (Lipinski definition) is 3. The van der Waals surface area contributed by atoms with Crippen LogP contribution in [0.5, 0.6) is 0 Å². The minimum Gasteiger partial charge on any atom is -0.481 e. The van der Waals surface area contributed by atoms with Gasteiger partial charge in [0.1, 0.15) is 5.82 Å². The van der Waals surface area contributed by atoms with E-state index in [1.807, 2.05) is 19.9 Å². The van der Waals surface area contributed by atoms with Gasteiger partial charge < -0.3 is 5.11 Å². The largest absolute Gasteiger partial charge is 0.481 e. The molecule has 0 aliphatic heterocycles. The maximum absolute atomic E-state index is 10.9. The van der Waals surface area contributed by atoms with Gasteiger partial charge in [-0.15, -0.1) is 0 Å². The highest BCUT2D eigenvalue weighted by atomic mass is 16.4. The zero-order valence-electron chi connectivity index (χ0n) is 10.3. The SMILES string of the molecule is Cc1cc(C2CCC(C(=O)O)CC2)nc(C)n1. The Bertz CT molecular complexity index is 403. The quantitative estimate of drug-likeness (QED) is 0.853. The van der Waals surface area contributed by atoms with Gasteiger partial charge in [0.15, 0.2) is 0 Å². The second kappa shape index (κ2) is 4.82. The molecule has 0 spiro atoms. The van der Waals surface area contributed by atoms with Crippen LogP contribution in [0.4, 0.5) is 0 Å². The summed E-state index contributed by atoms with van der Waals surface area (Å²) in [6.45, 7) is 3.88. The van der Waals surface area contributed by atoms with Gasteiger partial charge in [0.05, 0.1) is 5.92 Å². The van der Waals surface area contributed by atoms with Crippen LogP contribution in [0.2, 0.25) is 0 Å². The van der Waals surface area contributed by atoms with Crippen molar-refractivity contribution >= 4 is 5.97 Å². The lowest BCUT2D eigenvalue weighted by Crippen LogP contribution is -2.21. The van der Waals surface area contributed by atoms with Crippen molar-refractivity contribution in [3.63, 3.8) is 0 Å². The number of carbonyl (C=O) groups is 1. The number of rotatable bonds is 2. The second-order valence-electron chi connectivity index (χ2n) is 4.87. The summed E-state index contributed by atoms with van der Waals surface area (Å²) in [5, 5.41) is 8.96. The molecule has 4 nitrogen and oxygen atoms in total. The Kier molecular flexibility index (Phi) is 3.41. The minimum absolute atomic E-state index is 0.157. The zero-order valence-corrected chi connectivity index (χ0v) is 10.3. The highest BCUT2D eigenvalue weighted by Crippen LogP contribution is 2.35. The summed E-state index contributed by atoms with van der Waals surface area (Å²) in [6, 6.07) is 2.03. The minimum atomic E-state index is -0.654. The van der Waals surface area contributed by atoms with Crippen LogP contribution in [0.25, 0.3) is 0 Å². The Hall–Kier alpha value is -1.45. The molecule has 1 saturated carbocycles. The molecule has 0 bridgehead atoms. The summed E-state index contributed by atoms with van der Waals surface area (Å²) in [7, 11) is 0. The third-order valence-electron chi connectivity index (χ3n) is 3.48. The van der Waals surface area contributed by atoms with Crippen LogP contribution in [0, 0.1) is 19.8 Å². The standard InChI is InChI=1S/C13H18N2O2/c1-8-7-12(15-9(2)14-8)10-3-5-11(6-4-10)13(16)17/h7,10-11H,3-6H2,1-2H3,(H,16,17). The zero-order chi connectivity index (χ0) is 12.4. The van der Waals surface area contributed by atoms with Crippen LogP contribution >= 0.6 is 0 Å². The lowest BCUT2D eigenvalue weighted by Gasteiger charge is -2.25. The van der Waals surface area contributed by atoms with E-state index in [9.17, 15) is 4.79 Å².